The average Bonchev–Trinajstić information content (AvgIpc) is 2.49. The molecule has 6 nitrogen and oxygen atoms in total. The largest absolute Gasteiger partial charge is 0.496 e. The van der Waals surface area contributed by atoms with Crippen LogP contribution in [0.2, 0.25) is 0 Å². The molecule has 1 heterocycles. The quantitative estimate of drug-likeness (QED) is 0.832. The molecule has 21 heavy (non-hydrogen) atoms. The summed E-state index contributed by atoms with van der Waals surface area (Å²) in [6, 6.07) is 3.49. The molecule has 0 spiro atoms. The van der Waals surface area contributed by atoms with Gasteiger partial charge in [0.2, 0.25) is 0 Å². The van der Waals surface area contributed by atoms with Gasteiger partial charge in [-0.15, -0.1) is 0 Å². The van der Waals surface area contributed by atoms with E-state index < -0.39 is 18.2 Å². The van der Waals surface area contributed by atoms with Gasteiger partial charge in [0.05, 0.1) is 40.0 Å². The van der Waals surface area contributed by atoms with Crippen LogP contribution in [0.1, 0.15) is 30.6 Å². The van der Waals surface area contributed by atoms with Crippen molar-refractivity contribution >= 4 is 5.97 Å². The second-order valence-electron chi connectivity index (χ2n) is 4.67. The number of hydrogen-bond donors (Lipinski definition) is 1. The van der Waals surface area contributed by atoms with Crippen molar-refractivity contribution in [1.29, 1.82) is 0 Å². The van der Waals surface area contributed by atoms with Crippen LogP contribution in [0.5, 0.6) is 11.5 Å². The van der Waals surface area contributed by atoms with E-state index in [2.05, 4.69) is 0 Å². The summed E-state index contributed by atoms with van der Waals surface area (Å²) >= 11 is 0. The Kier molecular flexibility index (Phi) is 5.03. The lowest BCUT2D eigenvalue weighted by Gasteiger charge is -2.31. The molecule has 0 saturated carbocycles. The second-order valence-corrected chi connectivity index (χ2v) is 4.67. The first-order valence-corrected chi connectivity index (χ1v) is 6.81. The minimum atomic E-state index is -0.969. The van der Waals surface area contributed by atoms with Gasteiger partial charge in [-0.25, -0.2) is 0 Å². The minimum Gasteiger partial charge on any atom is -0.496 e. The molecule has 2 rings (SSSR count). The maximum atomic E-state index is 11.6. The van der Waals surface area contributed by atoms with Gasteiger partial charge in [-0.1, -0.05) is 0 Å². The number of methoxy groups -OCH3 is 2. The first kappa shape index (κ1) is 15.6. The van der Waals surface area contributed by atoms with Crippen LogP contribution in [-0.2, 0) is 20.9 Å². The van der Waals surface area contributed by atoms with Crippen molar-refractivity contribution in [3.05, 3.63) is 23.3 Å². The van der Waals surface area contributed by atoms with E-state index in [-0.39, 0.29) is 13.0 Å². The van der Waals surface area contributed by atoms with E-state index in [1.807, 2.05) is 0 Å². The van der Waals surface area contributed by atoms with Gasteiger partial charge in [-0.3, -0.25) is 4.79 Å². The van der Waals surface area contributed by atoms with Gasteiger partial charge in [0.1, 0.15) is 17.6 Å². The fraction of sp³-hybridized carbons (Fsp3) is 0.533. The summed E-state index contributed by atoms with van der Waals surface area (Å²) in [6.07, 6.45) is -1.63. The minimum absolute atomic E-state index is 0.00515. The van der Waals surface area contributed by atoms with Gasteiger partial charge < -0.3 is 24.1 Å². The molecule has 1 aliphatic rings. The number of hydrogen-bond acceptors (Lipinski definition) is 6. The summed E-state index contributed by atoms with van der Waals surface area (Å²) in [4.78, 5) is 11.6. The van der Waals surface area contributed by atoms with Gasteiger partial charge in [0, 0.05) is 11.1 Å². The number of aliphatic hydroxyl groups excluding tert-OH is 1. The Balaban J connectivity index is 2.29. The van der Waals surface area contributed by atoms with Crippen molar-refractivity contribution < 1.29 is 28.8 Å². The normalized spacial score (nSPS) is 20.6. The van der Waals surface area contributed by atoms with Crippen LogP contribution in [0.25, 0.3) is 0 Å². The smallest absolute Gasteiger partial charge is 0.308 e. The highest BCUT2D eigenvalue weighted by Gasteiger charge is 2.35. The third kappa shape index (κ3) is 3.11. The van der Waals surface area contributed by atoms with E-state index in [4.69, 9.17) is 18.9 Å². The van der Waals surface area contributed by atoms with Gasteiger partial charge in [-0.2, -0.15) is 0 Å². The highest BCUT2D eigenvalue weighted by Crippen LogP contribution is 2.41. The summed E-state index contributed by atoms with van der Waals surface area (Å²) in [7, 11) is 3.09. The van der Waals surface area contributed by atoms with Crippen molar-refractivity contribution in [2.24, 2.45) is 0 Å². The van der Waals surface area contributed by atoms with Gasteiger partial charge in [-0.05, 0) is 19.1 Å². The number of rotatable bonds is 5. The van der Waals surface area contributed by atoms with Crippen LogP contribution in [0.3, 0.4) is 0 Å². The Morgan fingerprint density at radius 1 is 1.33 bits per heavy atom. The molecule has 1 aromatic carbocycles. The number of ether oxygens (including phenoxy) is 4. The van der Waals surface area contributed by atoms with Crippen molar-refractivity contribution in [2.75, 3.05) is 20.8 Å². The summed E-state index contributed by atoms with van der Waals surface area (Å²) in [6.45, 7) is 2.28. The summed E-state index contributed by atoms with van der Waals surface area (Å²) in [5.74, 6) is 0.779. The van der Waals surface area contributed by atoms with Crippen molar-refractivity contribution in [2.45, 2.75) is 32.2 Å². The summed E-state index contributed by atoms with van der Waals surface area (Å²) in [5, 5.41) is 10.5. The molecule has 0 aliphatic carbocycles. The Morgan fingerprint density at radius 3 is 2.62 bits per heavy atom. The maximum absolute atomic E-state index is 11.6. The van der Waals surface area contributed by atoms with E-state index in [0.29, 0.717) is 23.7 Å². The molecule has 116 valence electrons. The van der Waals surface area contributed by atoms with Gasteiger partial charge >= 0.3 is 5.97 Å². The third-order valence-corrected chi connectivity index (χ3v) is 3.48. The monoisotopic (exact) mass is 296 g/mol. The Hall–Kier alpha value is -1.79. The zero-order chi connectivity index (χ0) is 15.4. The molecule has 2 atom stereocenters. The zero-order valence-electron chi connectivity index (χ0n) is 12.4. The number of benzene rings is 1. The summed E-state index contributed by atoms with van der Waals surface area (Å²) in [5.41, 5.74) is 1.35. The lowest BCUT2D eigenvalue weighted by atomic mass is 9.93. The fourth-order valence-corrected chi connectivity index (χ4v) is 2.49. The molecule has 0 bridgehead atoms. The van der Waals surface area contributed by atoms with Crippen molar-refractivity contribution in [1.82, 2.24) is 0 Å². The lowest BCUT2D eigenvalue weighted by molar-refractivity contribution is -0.151. The molecule has 0 saturated heterocycles. The van der Waals surface area contributed by atoms with E-state index in [9.17, 15) is 9.90 Å². The highest BCUT2D eigenvalue weighted by atomic mass is 16.5. The Labute approximate surface area is 123 Å². The first-order valence-electron chi connectivity index (χ1n) is 6.81. The van der Waals surface area contributed by atoms with Crippen LogP contribution >= 0.6 is 0 Å². The first-order chi connectivity index (χ1) is 10.1. The Bertz CT molecular complexity index is 513. The number of fused-ring (bicyclic) bond motifs is 1. The molecule has 1 N–H and O–H groups in total. The molecule has 1 aliphatic heterocycles. The van der Waals surface area contributed by atoms with Crippen molar-refractivity contribution in [3.63, 3.8) is 0 Å². The van der Waals surface area contributed by atoms with E-state index in [0.717, 1.165) is 5.56 Å². The fourth-order valence-electron chi connectivity index (χ4n) is 2.49. The van der Waals surface area contributed by atoms with Gasteiger partial charge in [0.25, 0.3) is 0 Å². The number of aliphatic hydroxyl groups is 1. The molecular weight excluding hydrogens is 276 g/mol. The van der Waals surface area contributed by atoms with Crippen LogP contribution in [0.4, 0.5) is 0 Å². The molecule has 0 unspecified atom stereocenters. The second kappa shape index (κ2) is 6.78. The van der Waals surface area contributed by atoms with Crippen LogP contribution < -0.4 is 9.47 Å². The van der Waals surface area contributed by atoms with Crippen LogP contribution in [0.15, 0.2) is 12.1 Å². The average molecular weight is 296 g/mol. The van der Waals surface area contributed by atoms with Crippen LogP contribution in [-0.4, -0.2) is 38.0 Å². The predicted molar refractivity (Wildman–Crippen MR) is 74.3 cm³/mol. The standard InChI is InChI=1S/C15H20O6/c1-4-20-13(16)7-12-15(17)14-9(8-21-12)10(18-2)5-6-11(14)19-3/h5-6,12,15,17H,4,7-8H2,1-3H3/t12-,15-/m0/s1. The van der Waals surface area contributed by atoms with E-state index in [1.54, 1.807) is 26.2 Å². The molecular formula is C15H20O6. The van der Waals surface area contributed by atoms with E-state index in [1.165, 1.54) is 7.11 Å². The number of carbonyl (C=O) groups excluding carboxylic acids is 1. The van der Waals surface area contributed by atoms with E-state index >= 15 is 0 Å². The molecule has 0 fully saturated rings. The maximum Gasteiger partial charge on any atom is 0.308 e. The predicted octanol–water partition coefficient (Wildman–Crippen LogP) is 1.59. The topological polar surface area (TPSA) is 74.2 Å². The Morgan fingerprint density at radius 2 is 2.00 bits per heavy atom. The zero-order valence-corrected chi connectivity index (χ0v) is 12.4. The summed E-state index contributed by atoms with van der Waals surface area (Å²) < 4.78 is 21.1. The van der Waals surface area contributed by atoms with Crippen molar-refractivity contribution in [3.8, 4) is 11.5 Å². The molecule has 1 aromatic rings. The lowest BCUT2D eigenvalue weighted by Crippen LogP contribution is -2.31. The third-order valence-electron chi connectivity index (χ3n) is 3.48. The molecule has 0 radical (unpaired) electrons. The SMILES string of the molecule is CCOC(=O)C[C@@H]1OCc2c(OC)ccc(OC)c2[C@H]1O. The molecule has 0 aromatic heterocycles. The highest BCUT2D eigenvalue weighted by molar-refractivity contribution is 5.70. The molecule has 0 amide bonds. The number of esters is 1. The van der Waals surface area contributed by atoms with Gasteiger partial charge in [0.15, 0.2) is 0 Å². The number of carbonyl (C=O) groups is 1. The van der Waals surface area contributed by atoms with Crippen LogP contribution in [0, 0.1) is 0 Å². The molecule has 6 heteroatoms.